The van der Waals surface area contributed by atoms with Gasteiger partial charge in [-0.25, -0.2) is 0 Å². The van der Waals surface area contributed by atoms with E-state index < -0.39 is 0 Å². The van der Waals surface area contributed by atoms with Crippen LogP contribution >= 0.6 is 0 Å². The lowest BCUT2D eigenvalue weighted by atomic mass is 9.99. The van der Waals surface area contributed by atoms with Crippen molar-refractivity contribution in [1.29, 1.82) is 0 Å². The van der Waals surface area contributed by atoms with Gasteiger partial charge in [0.15, 0.2) is 0 Å². The highest BCUT2D eigenvalue weighted by Gasteiger charge is 2.17. The summed E-state index contributed by atoms with van der Waals surface area (Å²) in [5, 5.41) is 8.58. The summed E-state index contributed by atoms with van der Waals surface area (Å²) in [5.74, 6) is 0.729. The Bertz CT molecular complexity index is 118. The van der Waals surface area contributed by atoms with Crippen molar-refractivity contribution in [2.24, 2.45) is 5.92 Å². The van der Waals surface area contributed by atoms with Gasteiger partial charge in [-0.05, 0) is 38.0 Å². The first-order chi connectivity index (χ1) is 4.84. The molecule has 58 valence electrons. The van der Waals surface area contributed by atoms with E-state index in [1.807, 2.05) is 0 Å². The minimum Gasteiger partial charge on any atom is -0.396 e. The van der Waals surface area contributed by atoms with E-state index in [1.165, 1.54) is 24.8 Å². The van der Waals surface area contributed by atoms with Crippen molar-refractivity contribution < 1.29 is 5.11 Å². The van der Waals surface area contributed by atoms with E-state index in [0.29, 0.717) is 6.61 Å². The second kappa shape index (κ2) is 3.77. The van der Waals surface area contributed by atoms with Crippen LogP contribution in [0.1, 0.15) is 32.1 Å². The van der Waals surface area contributed by atoms with Gasteiger partial charge >= 0.3 is 0 Å². The standard InChI is InChI=1S/C9H16O/c1-8-4-2-5-9(8)6-3-7-10/h9-10H,1-7H2. The molecule has 1 nitrogen and oxygen atoms in total. The summed E-state index contributed by atoms with van der Waals surface area (Å²) < 4.78 is 0. The number of hydrogen-bond donors (Lipinski definition) is 1. The summed E-state index contributed by atoms with van der Waals surface area (Å²) in [6.07, 6.45) is 5.93. The molecule has 0 saturated heterocycles. The molecule has 0 aromatic heterocycles. The molecule has 1 heteroatoms. The van der Waals surface area contributed by atoms with Gasteiger partial charge in [-0.1, -0.05) is 12.2 Å². The van der Waals surface area contributed by atoms with E-state index in [4.69, 9.17) is 5.11 Å². The average Bonchev–Trinajstić information content (AvgIpc) is 2.31. The van der Waals surface area contributed by atoms with Crippen LogP contribution in [0.25, 0.3) is 0 Å². The molecule has 0 heterocycles. The van der Waals surface area contributed by atoms with Gasteiger partial charge in [0.2, 0.25) is 0 Å². The fourth-order valence-electron chi connectivity index (χ4n) is 1.67. The van der Waals surface area contributed by atoms with Crippen LogP contribution in [-0.2, 0) is 0 Å². The van der Waals surface area contributed by atoms with Crippen molar-refractivity contribution in [1.82, 2.24) is 0 Å². The summed E-state index contributed by atoms with van der Waals surface area (Å²) >= 11 is 0. The van der Waals surface area contributed by atoms with Crippen LogP contribution < -0.4 is 0 Å². The van der Waals surface area contributed by atoms with Gasteiger partial charge in [-0.2, -0.15) is 0 Å². The third-order valence-corrected chi connectivity index (χ3v) is 2.34. The molecule has 0 spiro atoms. The molecule has 0 aliphatic heterocycles. The zero-order valence-corrected chi connectivity index (χ0v) is 6.47. The van der Waals surface area contributed by atoms with Crippen LogP contribution in [0.2, 0.25) is 0 Å². The number of hydrogen-bond acceptors (Lipinski definition) is 1. The van der Waals surface area contributed by atoms with Crippen molar-refractivity contribution in [2.45, 2.75) is 32.1 Å². The van der Waals surface area contributed by atoms with E-state index in [9.17, 15) is 0 Å². The van der Waals surface area contributed by atoms with Crippen LogP contribution in [0, 0.1) is 5.92 Å². The second-order valence-corrected chi connectivity index (χ2v) is 3.11. The van der Waals surface area contributed by atoms with Crippen molar-refractivity contribution in [3.05, 3.63) is 12.2 Å². The van der Waals surface area contributed by atoms with Gasteiger partial charge in [-0.3, -0.25) is 0 Å². The highest BCUT2D eigenvalue weighted by molar-refractivity contribution is 5.05. The maximum Gasteiger partial charge on any atom is 0.0431 e. The molecule has 1 N–H and O–H groups in total. The first-order valence-electron chi connectivity index (χ1n) is 4.13. The maximum atomic E-state index is 8.58. The van der Waals surface area contributed by atoms with Crippen LogP contribution in [0.4, 0.5) is 0 Å². The molecular weight excluding hydrogens is 124 g/mol. The lowest BCUT2D eigenvalue weighted by molar-refractivity contribution is 0.276. The molecule has 1 atom stereocenters. The Balaban J connectivity index is 2.20. The Morgan fingerprint density at radius 2 is 2.40 bits per heavy atom. The van der Waals surface area contributed by atoms with E-state index in [2.05, 4.69) is 6.58 Å². The van der Waals surface area contributed by atoms with E-state index in [0.717, 1.165) is 18.8 Å². The van der Waals surface area contributed by atoms with Crippen LogP contribution in [0.5, 0.6) is 0 Å². The van der Waals surface area contributed by atoms with Crippen molar-refractivity contribution in [3.8, 4) is 0 Å². The van der Waals surface area contributed by atoms with Crippen molar-refractivity contribution in [2.75, 3.05) is 6.61 Å². The zero-order chi connectivity index (χ0) is 7.40. The Kier molecular flexibility index (Phi) is 2.94. The Hall–Kier alpha value is -0.300. The van der Waals surface area contributed by atoms with Crippen LogP contribution in [0.15, 0.2) is 12.2 Å². The normalized spacial score (nSPS) is 25.7. The van der Waals surface area contributed by atoms with E-state index in [1.54, 1.807) is 0 Å². The predicted molar refractivity (Wildman–Crippen MR) is 42.8 cm³/mol. The molecule has 1 unspecified atom stereocenters. The first-order valence-corrected chi connectivity index (χ1v) is 4.13. The van der Waals surface area contributed by atoms with Gasteiger partial charge in [0.1, 0.15) is 0 Å². The summed E-state index contributed by atoms with van der Waals surface area (Å²) in [6, 6.07) is 0. The van der Waals surface area contributed by atoms with Crippen LogP contribution in [0.3, 0.4) is 0 Å². The second-order valence-electron chi connectivity index (χ2n) is 3.11. The lowest BCUT2D eigenvalue weighted by Gasteiger charge is -2.08. The minimum atomic E-state index is 0.337. The largest absolute Gasteiger partial charge is 0.396 e. The van der Waals surface area contributed by atoms with Crippen molar-refractivity contribution in [3.63, 3.8) is 0 Å². The van der Waals surface area contributed by atoms with Crippen LogP contribution in [-0.4, -0.2) is 11.7 Å². The Labute approximate surface area is 62.8 Å². The monoisotopic (exact) mass is 140 g/mol. The Morgan fingerprint density at radius 3 is 2.90 bits per heavy atom. The minimum absolute atomic E-state index is 0.337. The fourth-order valence-corrected chi connectivity index (χ4v) is 1.67. The Morgan fingerprint density at radius 1 is 1.60 bits per heavy atom. The molecule has 0 aromatic rings. The molecule has 1 rings (SSSR count). The topological polar surface area (TPSA) is 20.2 Å². The molecule has 0 amide bonds. The van der Waals surface area contributed by atoms with Gasteiger partial charge in [0.25, 0.3) is 0 Å². The van der Waals surface area contributed by atoms with Gasteiger partial charge < -0.3 is 5.11 Å². The summed E-state index contributed by atoms with van der Waals surface area (Å²) in [7, 11) is 0. The number of aliphatic hydroxyl groups is 1. The highest BCUT2D eigenvalue weighted by Crippen LogP contribution is 2.32. The summed E-state index contributed by atoms with van der Waals surface area (Å²) in [5.41, 5.74) is 1.41. The molecule has 1 fully saturated rings. The van der Waals surface area contributed by atoms with E-state index >= 15 is 0 Å². The fraction of sp³-hybridized carbons (Fsp3) is 0.778. The van der Waals surface area contributed by atoms with Gasteiger partial charge in [-0.15, -0.1) is 0 Å². The molecular formula is C9H16O. The third-order valence-electron chi connectivity index (χ3n) is 2.34. The predicted octanol–water partition coefficient (Wildman–Crippen LogP) is 2.12. The summed E-state index contributed by atoms with van der Waals surface area (Å²) in [6.45, 7) is 4.34. The summed E-state index contributed by atoms with van der Waals surface area (Å²) in [4.78, 5) is 0. The maximum absolute atomic E-state index is 8.58. The SMILES string of the molecule is C=C1CCCC1CCCO. The van der Waals surface area contributed by atoms with Crippen molar-refractivity contribution >= 4 is 0 Å². The molecule has 1 aliphatic carbocycles. The molecule has 0 aromatic carbocycles. The quantitative estimate of drug-likeness (QED) is 0.595. The number of allylic oxidation sites excluding steroid dienone is 1. The third kappa shape index (κ3) is 1.84. The average molecular weight is 140 g/mol. The van der Waals surface area contributed by atoms with E-state index in [-0.39, 0.29) is 0 Å². The molecule has 1 saturated carbocycles. The lowest BCUT2D eigenvalue weighted by Crippen LogP contribution is -1.96. The molecule has 0 bridgehead atoms. The first kappa shape index (κ1) is 7.80. The zero-order valence-electron chi connectivity index (χ0n) is 6.47. The molecule has 1 aliphatic rings. The number of rotatable bonds is 3. The molecule has 10 heavy (non-hydrogen) atoms. The smallest absolute Gasteiger partial charge is 0.0431 e. The van der Waals surface area contributed by atoms with Gasteiger partial charge in [0.05, 0.1) is 0 Å². The number of aliphatic hydroxyl groups excluding tert-OH is 1. The highest BCUT2D eigenvalue weighted by atomic mass is 16.2. The van der Waals surface area contributed by atoms with Gasteiger partial charge in [0, 0.05) is 6.61 Å². The molecule has 0 radical (unpaired) electrons.